The molecule has 2 aliphatic rings. The number of aliphatic imine (C=N–C) groups is 2. The minimum Gasteiger partial charge on any atom is -0.390 e. The SMILES string of the molecule is Cc1nn(CCN2CCCC2)cc1NC=C(Br)C(N=CN)=NCCCN1CCCCC1=O. The standard InChI is InChI=1S/C22H35BrN8O/c1-18-20(16-31(28-18)14-13-29-9-4-5-10-29)26-15-19(23)22(27-17-24)25-8-6-12-30-11-3-2-7-21(30)32/h15-17,26H,2-14H2,1H3,(H2,24,25,27). The number of piperidine rings is 1. The lowest BCUT2D eigenvalue weighted by molar-refractivity contribution is -0.133. The molecular formula is C22H35BrN8O. The van der Waals surface area contributed by atoms with E-state index >= 15 is 0 Å². The quantitative estimate of drug-likeness (QED) is 0.288. The topological polar surface area (TPSA) is 104 Å². The second-order valence-corrected chi connectivity index (χ2v) is 9.11. The summed E-state index contributed by atoms with van der Waals surface area (Å²) in [7, 11) is 0. The van der Waals surface area contributed by atoms with E-state index in [0.717, 1.165) is 56.8 Å². The number of amides is 1. The molecule has 3 heterocycles. The van der Waals surface area contributed by atoms with E-state index in [-0.39, 0.29) is 5.91 Å². The normalized spacial score (nSPS) is 18.8. The van der Waals surface area contributed by atoms with Crippen molar-refractivity contribution in [2.75, 3.05) is 44.6 Å². The number of hydrogen-bond acceptors (Lipinski definition) is 5. The Balaban J connectivity index is 1.51. The van der Waals surface area contributed by atoms with Gasteiger partial charge in [-0.05, 0) is 68.0 Å². The number of anilines is 1. The van der Waals surface area contributed by atoms with E-state index in [1.807, 2.05) is 28.9 Å². The first-order chi connectivity index (χ1) is 15.6. The Morgan fingerprint density at radius 1 is 1.22 bits per heavy atom. The van der Waals surface area contributed by atoms with Crippen LogP contribution in [0.5, 0.6) is 0 Å². The molecule has 2 saturated heterocycles. The van der Waals surface area contributed by atoms with Crippen molar-refractivity contribution < 1.29 is 4.79 Å². The summed E-state index contributed by atoms with van der Waals surface area (Å²) in [6, 6.07) is 0. The number of nitrogens with zero attached hydrogens (tertiary/aromatic N) is 6. The highest BCUT2D eigenvalue weighted by Crippen LogP contribution is 2.16. The van der Waals surface area contributed by atoms with Crippen LogP contribution < -0.4 is 11.1 Å². The van der Waals surface area contributed by atoms with Crippen LogP contribution in [-0.4, -0.2) is 76.9 Å². The maximum absolute atomic E-state index is 11.9. The lowest BCUT2D eigenvalue weighted by Gasteiger charge is -2.26. The van der Waals surface area contributed by atoms with Crippen molar-refractivity contribution in [2.45, 2.75) is 52.0 Å². The number of nitrogens with one attached hydrogen (secondary N) is 1. The van der Waals surface area contributed by atoms with Gasteiger partial charge >= 0.3 is 0 Å². The van der Waals surface area contributed by atoms with Crippen LogP contribution in [0.3, 0.4) is 0 Å². The number of carbonyl (C=O) groups excluding carboxylic acids is 1. The van der Waals surface area contributed by atoms with E-state index in [1.54, 1.807) is 0 Å². The van der Waals surface area contributed by atoms with Crippen molar-refractivity contribution in [3.63, 3.8) is 0 Å². The summed E-state index contributed by atoms with van der Waals surface area (Å²) in [5, 5.41) is 7.91. The monoisotopic (exact) mass is 506 g/mol. The second-order valence-electron chi connectivity index (χ2n) is 8.25. The van der Waals surface area contributed by atoms with Crippen LogP contribution in [0.2, 0.25) is 0 Å². The van der Waals surface area contributed by atoms with E-state index in [1.165, 1.54) is 32.3 Å². The third-order valence-corrected chi connectivity index (χ3v) is 6.41. The molecule has 0 aromatic carbocycles. The fraction of sp³-hybridized carbons (Fsp3) is 0.636. The van der Waals surface area contributed by atoms with Crippen LogP contribution in [0.4, 0.5) is 5.69 Å². The molecule has 1 amide bonds. The number of halogens is 1. The molecule has 0 saturated carbocycles. The number of aromatic nitrogens is 2. The van der Waals surface area contributed by atoms with E-state index in [2.05, 4.69) is 41.2 Å². The van der Waals surface area contributed by atoms with E-state index < -0.39 is 0 Å². The first-order valence-electron chi connectivity index (χ1n) is 11.5. The summed E-state index contributed by atoms with van der Waals surface area (Å²) < 4.78 is 2.70. The average molecular weight is 507 g/mol. The van der Waals surface area contributed by atoms with Gasteiger partial charge in [-0.15, -0.1) is 0 Å². The molecule has 0 bridgehead atoms. The van der Waals surface area contributed by atoms with Crippen molar-refractivity contribution in [2.24, 2.45) is 15.7 Å². The smallest absolute Gasteiger partial charge is 0.222 e. The fourth-order valence-electron chi connectivity index (χ4n) is 4.02. The molecule has 0 unspecified atom stereocenters. The Kier molecular flexibility index (Phi) is 9.73. The predicted molar refractivity (Wildman–Crippen MR) is 133 cm³/mol. The molecule has 32 heavy (non-hydrogen) atoms. The average Bonchev–Trinajstić information content (AvgIpc) is 3.43. The van der Waals surface area contributed by atoms with Crippen LogP contribution in [0.15, 0.2) is 26.9 Å². The number of rotatable bonds is 10. The number of nitrogens with two attached hydrogens (primary N) is 1. The molecule has 3 N–H and O–H groups in total. The summed E-state index contributed by atoms with van der Waals surface area (Å²) in [6.45, 7) is 8.46. The van der Waals surface area contributed by atoms with E-state index in [0.29, 0.717) is 23.3 Å². The molecule has 1 aromatic heterocycles. The molecule has 2 fully saturated rings. The number of amidine groups is 1. The lowest BCUT2D eigenvalue weighted by atomic mass is 10.1. The third kappa shape index (κ3) is 7.44. The van der Waals surface area contributed by atoms with E-state index in [9.17, 15) is 4.79 Å². The molecule has 1 aromatic rings. The maximum Gasteiger partial charge on any atom is 0.222 e. The molecule has 2 aliphatic heterocycles. The van der Waals surface area contributed by atoms with Crippen molar-refractivity contribution in [1.29, 1.82) is 0 Å². The molecule has 10 heteroatoms. The molecular weight excluding hydrogens is 472 g/mol. The van der Waals surface area contributed by atoms with Gasteiger partial charge in [0.25, 0.3) is 0 Å². The molecule has 176 valence electrons. The molecule has 3 rings (SSSR count). The molecule has 0 radical (unpaired) electrons. The van der Waals surface area contributed by atoms with Gasteiger partial charge in [-0.3, -0.25) is 14.5 Å². The zero-order valence-electron chi connectivity index (χ0n) is 19.0. The van der Waals surface area contributed by atoms with Crippen LogP contribution in [0.1, 0.15) is 44.2 Å². The Labute approximate surface area is 199 Å². The highest BCUT2D eigenvalue weighted by atomic mass is 79.9. The van der Waals surface area contributed by atoms with Gasteiger partial charge in [0.1, 0.15) is 0 Å². The first-order valence-corrected chi connectivity index (χ1v) is 12.3. The van der Waals surface area contributed by atoms with Gasteiger partial charge < -0.3 is 20.9 Å². The fourth-order valence-corrected chi connectivity index (χ4v) is 4.37. The van der Waals surface area contributed by atoms with Gasteiger partial charge in [0.2, 0.25) is 5.91 Å². The number of likely N-dealkylation sites (tertiary alicyclic amines) is 2. The summed E-state index contributed by atoms with van der Waals surface area (Å²) in [4.78, 5) is 25.1. The van der Waals surface area contributed by atoms with E-state index in [4.69, 9.17) is 5.73 Å². The molecule has 0 spiro atoms. The number of carbonyl (C=O) groups is 1. The summed E-state index contributed by atoms with van der Waals surface area (Å²) in [5.41, 5.74) is 7.40. The largest absolute Gasteiger partial charge is 0.390 e. The Morgan fingerprint density at radius 3 is 2.75 bits per heavy atom. The zero-order chi connectivity index (χ0) is 22.8. The highest BCUT2D eigenvalue weighted by Gasteiger charge is 2.17. The molecule has 0 aliphatic carbocycles. The minimum atomic E-state index is 0.252. The zero-order valence-corrected chi connectivity index (χ0v) is 20.6. The van der Waals surface area contributed by atoms with Crippen molar-refractivity contribution in [1.82, 2.24) is 19.6 Å². The minimum absolute atomic E-state index is 0.252. The Hall–Kier alpha value is -2.20. The van der Waals surface area contributed by atoms with Crippen LogP contribution >= 0.6 is 15.9 Å². The second kappa shape index (κ2) is 12.7. The van der Waals surface area contributed by atoms with Gasteiger partial charge in [0.15, 0.2) is 5.84 Å². The van der Waals surface area contributed by atoms with Gasteiger partial charge in [0.05, 0.1) is 28.7 Å². The van der Waals surface area contributed by atoms with Gasteiger partial charge in [-0.25, -0.2) is 4.99 Å². The Morgan fingerprint density at radius 2 is 2.00 bits per heavy atom. The van der Waals surface area contributed by atoms with Crippen LogP contribution in [0.25, 0.3) is 0 Å². The van der Waals surface area contributed by atoms with Crippen molar-refractivity contribution >= 4 is 39.7 Å². The van der Waals surface area contributed by atoms with Gasteiger partial charge in [-0.1, -0.05) is 0 Å². The summed E-state index contributed by atoms with van der Waals surface area (Å²) in [5.74, 6) is 0.770. The Bertz CT molecular complexity index is 841. The number of aryl methyl sites for hydroxylation is 1. The van der Waals surface area contributed by atoms with Crippen LogP contribution in [0, 0.1) is 6.92 Å². The van der Waals surface area contributed by atoms with Gasteiger partial charge in [-0.2, -0.15) is 5.10 Å². The van der Waals surface area contributed by atoms with Crippen molar-refractivity contribution in [3.8, 4) is 0 Å². The van der Waals surface area contributed by atoms with Crippen LogP contribution in [-0.2, 0) is 11.3 Å². The first kappa shape index (κ1) is 24.4. The maximum atomic E-state index is 11.9. The predicted octanol–water partition coefficient (Wildman–Crippen LogP) is 2.72. The van der Waals surface area contributed by atoms with Crippen molar-refractivity contribution in [3.05, 3.63) is 22.6 Å². The highest BCUT2D eigenvalue weighted by molar-refractivity contribution is 9.12. The number of hydrogen-bond donors (Lipinski definition) is 2. The summed E-state index contributed by atoms with van der Waals surface area (Å²) >= 11 is 3.55. The summed E-state index contributed by atoms with van der Waals surface area (Å²) in [6.07, 6.45) is 11.2. The molecule has 0 atom stereocenters. The lowest BCUT2D eigenvalue weighted by Crippen LogP contribution is -2.36. The van der Waals surface area contributed by atoms with Gasteiger partial charge in [0, 0.05) is 45.0 Å². The third-order valence-electron chi connectivity index (χ3n) is 5.82. The molecule has 9 nitrogen and oxygen atoms in total.